The van der Waals surface area contributed by atoms with Gasteiger partial charge in [-0.15, -0.1) is 0 Å². The average molecular weight is 370 g/mol. The normalized spacial score (nSPS) is 19.6. The maximum Gasteiger partial charge on any atom is 0.340 e. The number of aryl methyl sites for hydroxylation is 1. The van der Waals surface area contributed by atoms with Crippen LogP contribution in [0, 0.1) is 18.3 Å². The monoisotopic (exact) mass is 370 g/mol. The van der Waals surface area contributed by atoms with Crippen molar-refractivity contribution in [3.63, 3.8) is 0 Å². The number of carbonyl (C=O) groups excluding carboxylic acids is 2. The second-order valence-corrected chi connectivity index (χ2v) is 7.94. The number of benzene rings is 1. The lowest BCUT2D eigenvalue weighted by molar-refractivity contribution is -0.938. The van der Waals surface area contributed by atoms with Crippen molar-refractivity contribution in [1.82, 2.24) is 0 Å². The van der Waals surface area contributed by atoms with E-state index in [4.69, 9.17) is 4.74 Å². The van der Waals surface area contributed by atoms with Crippen LogP contribution in [0.5, 0.6) is 0 Å². The van der Waals surface area contributed by atoms with Gasteiger partial charge < -0.3 is 14.5 Å². The molecule has 0 aromatic heterocycles. The highest BCUT2D eigenvalue weighted by Gasteiger charge is 2.64. The fraction of sp³-hybridized carbons (Fsp3) is 0.571. The quantitative estimate of drug-likeness (QED) is 0.638. The average Bonchev–Trinajstić information content (AvgIpc) is 3.46. The van der Waals surface area contributed by atoms with Crippen molar-refractivity contribution >= 4 is 17.6 Å². The first-order chi connectivity index (χ1) is 12.9. The van der Waals surface area contributed by atoms with Crippen molar-refractivity contribution in [3.8, 4) is 6.07 Å². The first-order valence-corrected chi connectivity index (χ1v) is 9.75. The van der Waals surface area contributed by atoms with Crippen molar-refractivity contribution in [2.45, 2.75) is 51.5 Å². The van der Waals surface area contributed by atoms with E-state index in [2.05, 4.69) is 18.4 Å². The van der Waals surface area contributed by atoms with Gasteiger partial charge in [0.05, 0.1) is 49.6 Å². The molecule has 1 aliphatic carbocycles. The summed E-state index contributed by atoms with van der Waals surface area (Å²) in [4.78, 5) is 25.7. The minimum Gasteiger partial charge on any atom is -0.462 e. The lowest BCUT2D eigenvalue weighted by atomic mass is 10.0. The Morgan fingerprint density at radius 3 is 2.48 bits per heavy atom. The summed E-state index contributed by atoms with van der Waals surface area (Å²) >= 11 is 0. The minimum atomic E-state index is -0.517. The van der Waals surface area contributed by atoms with Crippen LogP contribution in [0.25, 0.3) is 0 Å². The molecule has 1 aromatic rings. The molecule has 1 N–H and O–H groups in total. The summed E-state index contributed by atoms with van der Waals surface area (Å²) in [6.07, 6.45) is 5.27. The van der Waals surface area contributed by atoms with Crippen LogP contribution in [0.15, 0.2) is 12.1 Å². The van der Waals surface area contributed by atoms with Crippen LogP contribution in [0.2, 0.25) is 0 Å². The number of rotatable bonds is 5. The summed E-state index contributed by atoms with van der Waals surface area (Å²) in [7, 11) is 2.18. The molecule has 144 valence electrons. The molecule has 3 rings (SSSR count). The number of carbonyl (C=O) groups is 2. The summed E-state index contributed by atoms with van der Waals surface area (Å²) in [5, 5.41) is 12.3. The summed E-state index contributed by atoms with van der Waals surface area (Å²) in [6.45, 7) is 5.81. The Hall–Kier alpha value is -2.39. The topological polar surface area (TPSA) is 79.2 Å². The largest absolute Gasteiger partial charge is 0.462 e. The molecule has 1 aliphatic heterocycles. The van der Waals surface area contributed by atoms with E-state index in [1.54, 1.807) is 19.9 Å². The van der Waals surface area contributed by atoms with E-state index >= 15 is 0 Å². The number of ether oxygens (including phenoxy) is 1. The van der Waals surface area contributed by atoms with E-state index in [1.165, 1.54) is 12.5 Å². The first kappa shape index (κ1) is 19.4. The van der Waals surface area contributed by atoms with Gasteiger partial charge in [0, 0.05) is 12.8 Å². The molecule has 0 spiro atoms. The zero-order chi connectivity index (χ0) is 19.7. The molecule has 1 saturated heterocycles. The highest BCUT2D eigenvalue weighted by Crippen LogP contribution is 2.48. The van der Waals surface area contributed by atoms with Gasteiger partial charge in [0.15, 0.2) is 5.54 Å². The van der Waals surface area contributed by atoms with Crippen molar-refractivity contribution in [3.05, 3.63) is 28.8 Å². The third-order valence-corrected chi connectivity index (χ3v) is 6.18. The Morgan fingerprint density at radius 1 is 1.26 bits per heavy atom. The second-order valence-electron chi connectivity index (χ2n) is 7.94. The predicted octanol–water partition coefficient (Wildman–Crippen LogP) is 3.15. The van der Waals surface area contributed by atoms with Gasteiger partial charge >= 0.3 is 5.97 Å². The van der Waals surface area contributed by atoms with Crippen LogP contribution in [0.4, 0.5) is 5.69 Å². The summed E-state index contributed by atoms with van der Waals surface area (Å²) < 4.78 is 5.92. The minimum absolute atomic E-state index is 0.0229. The molecule has 6 heteroatoms. The predicted molar refractivity (Wildman–Crippen MR) is 102 cm³/mol. The fourth-order valence-corrected chi connectivity index (χ4v) is 4.39. The van der Waals surface area contributed by atoms with Crippen LogP contribution in [-0.4, -0.2) is 48.6 Å². The van der Waals surface area contributed by atoms with Gasteiger partial charge in [-0.1, -0.05) is 0 Å². The number of nitrogens with zero attached hydrogens (tertiary/aromatic N) is 2. The Balaban J connectivity index is 1.92. The van der Waals surface area contributed by atoms with Crippen LogP contribution in [0.1, 0.15) is 60.5 Å². The van der Waals surface area contributed by atoms with Crippen molar-refractivity contribution in [1.29, 1.82) is 5.26 Å². The zero-order valence-corrected chi connectivity index (χ0v) is 16.4. The molecular formula is C21H28N3O3+. The molecule has 0 atom stereocenters. The van der Waals surface area contributed by atoms with E-state index < -0.39 is 11.5 Å². The number of esters is 1. The highest BCUT2D eigenvalue weighted by molar-refractivity contribution is 6.06. The fourth-order valence-electron chi connectivity index (χ4n) is 4.39. The molecule has 2 fully saturated rings. The summed E-state index contributed by atoms with van der Waals surface area (Å²) in [5.41, 5.74) is 1.39. The maximum absolute atomic E-state index is 13.3. The molecule has 1 heterocycles. The van der Waals surface area contributed by atoms with Crippen molar-refractivity contribution < 1.29 is 18.8 Å². The molecule has 2 aliphatic rings. The Kier molecular flexibility index (Phi) is 5.25. The first-order valence-electron chi connectivity index (χ1n) is 9.75. The number of anilines is 1. The van der Waals surface area contributed by atoms with Crippen LogP contribution >= 0.6 is 0 Å². The van der Waals surface area contributed by atoms with Gasteiger partial charge in [-0.05, 0) is 50.8 Å². The third-order valence-electron chi connectivity index (χ3n) is 6.18. The number of quaternary nitrogens is 1. The molecule has 0 radical (unpaired) electrons. The lowest BCUT2D eigenvalue weighted by Crippen LogP contribution is -2.61. The smallest absolute Gasteiger partial charge is 0.340 e. The molecule has 27 heavy (non-hydrogen) atoms. The maximum atomic E-state index is 13.3. The Bertz CT molecular complexity index is 800. The summed E-state index contributed by atoms with van der Waals surface area (Å²) in [5.74, 6) is -0.540. The molecule has 1 amide bonds. The van der Waals surface area contributed by atoms with E-state index in [1.807, 2.05) is 0 Å². The number of hydrogen-bond acceptors (Lipinski definition) is 4. The Morgan fingerprint density at radius 2 is 1.93 bits per heavy atom. The van der Waals surface area contributed by atoms with E-state index in [9.17, 15) is 14.9 Å². The van der Waals surface area contributed by atoms with Crippen LogP contribution in [-0.2, 0) is 9.53 Å². The lowest BCUT2D eigenvalue weighted by Gasteiger charge is -2.44. The van der Waals surface area contributed by atoms with Crippen LogP contribution < -0.4 is 5.32 Å². The van der Waals surface area contributed by atoms with Crippen molar-refractivity contribution in [2.75, 3.05) is 32.1 Å². The van der Waals surface area contributed by atoms with Crippen molar-refractivity contribution in [2.24, 2.45) is 0 Å². The molecule has 1 saturated carbocycles. The van der Waals surface area contributed by atoms with Crippen LogP contribution in [0.3, 0.4) is 0 Å². The van der Waals surface area contributed by atoms with Gasteiger partial charge in [0.25, 0.3) is 5.91 Å². The van der Waals surface area contributed by atoms with Gasteiger partial charge in [-0.2, -0.15) is 5.26 Å². The molecule has 6 nitrogen and oxygen atoms in total. The number of amides is 1. The van der Waals surface area contributed by atoms with E-state index in [-0.39, 0.29) is 18.1 Å². The number of hydrogen-bond donors (Lipinski definition) is 1. The number of likely N-dealkylation sites (N-methyl/N-ethyl adjacent to an activating group) is 1. The van der Waals surface area contributed by atoms with E-state index in [0.717, 1.165) is 43.3 Å². The number of likely N-dealkylation sites (tertiary alicyclic amines) is 1. The van der Waals surface area contributed by atoms with Gasteiger partial charge in [-0.25, -0.2) is 4.79 Å². The SMILES string of the molecule is CCOC(=O)c1cc(C#N)cc(C)c1NC(=O)C1([N+]2(C)CCCCC2)CC1. The molecule has 0 bridgehead atoms. The molecule has 1 aromatic carbocycles. The highest BCUT2D eigenvalue weighted by atomic mass is 16.5. The van der Waals surface area contributed by atoms with Gasteiger partial charge in [-0.3, -0.25) is 4.79 Å². The molecule has 0 unspecified atom stereocenters. The zero-order valence-electron chi connectivity index (χ0n) is 16.4. The summed E-state index contributed by atoms with van der Waals surface area (Å²) in [6, 6.07) is 5.25. The number of nitriles is 1. The second kappa shape index (κ2) is 7.32. The van der Waals surface area contributed by atoms with E-state index in [0.29, 0.717) is 16.8 Å². The number of nitrogens with one attached hydrogen (secondary N) is 1. The third kappa shape index (κ3) is 3.44. The molecular weight excluding hydrogens is 342 g/mol. The van der Waals surface area contributed by atoms with Gasteiger partial charge in [0.1, 0.15) is 0 Å². The standard InChI is InChI=1S/C21H27N3O3/c1-4-27-19(25)17-13-16(14-22)12-15(2)18(17)23-20(26)21(8-9-21)24(3)10-6-5-7-11-24/h12-13H,4-11H2,1-3H3/p+1. The number of piperidine rings is 1. The van der Waals surface area contributed by atoms with Gasteiger partial charge in [0.2, 0.25) is 0 Å². The Labute approximate surface area is 160 Å².